The van der Waals surface area contributed by atoms with Gasteiger partial charge in [-0.05, 0) is 43.7 Å². The Hall–Kier alpha value is -1.81. The van der Waals surface area contributed by atoms with Crippen LogP contribution in [-0.4, -0.2) is 16.1 Å². The number of aromatic nitrogens is 2. The number of hydrogen-bond acceptors (Lipinski definition) is 3. The summed E-state index contributed by atoms with van der Waals surface area (Å²) >= 11 is 0. The Kier molecular flexibility index (Phi) is 3.44. The first-order chi connectivity index (χ1) is 8.19. The normalized spacial score (nSPS) is 10.8. The van der Waals surface area contributed by atoms with Gasteiger partial charge in [-0.1, -0.05) is 0 Å². The third kappa shape index (κ3) is 2.85. The lowest BCUT2D eigenvalue weighted by molar-refractivity contribution is 0.242. The number of aromatic amines is 1. The quantitative estimate of drug-likeness (QED) is 0.848. The van der Waals surface area contributed by atoms with E-state index in [-0.39, 0.29) is 6.10 Å². The molecule has 4 heteroatoms. The summed E-state index contributed by atoms with van der Waals surface area (Å²) in [6, 6.07) is 7.92. The molecule has 0 saturated carbocycles. The van der Waals surface area contributed by atoms with Crippen LogP contribution in [0.2, 0.25) is 0 Å². The van der Waals surface area contributed by atoms with E-state index in [0.717, 1.165) is 22.8 Å². The lowest BCUT2D eigenvalue weighted by Crippen LogP contribution is -2.05. The summed E-state index contributed by atoms with van der Waals surface area (Å²) in [4.78, 5) is 7.33. The van der Waals surface area contributed by atoms with Gasteiger partial charge in [0.15, 0.2) is 0 Å². The van der Waals surface area contributed by atoms with Crippen LogP contribution in [0.25, 0.3) is 11.3 Å². The number of H-pyrrole nitrogens is 1. The maximum absolute atomic E-state index is 5.59. The molecule has 2 aromatic rings. The number of nitrogens with one attached hydrogen (secondary N) is 1. The van der Waals surface area contributed by atoms with E-state index in [1.54, 1.807) is 6.20 Å². The highest BCUT2D eigenvalue weighted by Crippen LogP contribution is 2.21. The van der Waals surface area contributed by atoms with Crippen LogP contribution in [0.4, 0.5) is 0 Å². The summed E-state index contributed by atoms with van der Waals surface area (Å²) < 4.78 is 5.59. The van der Waals surface area contributed by atoms with Crippen molar-refractivity contribution in [1.29, 1.82) is 0 Å². The zero-order valence-electron chi connectivity index (χ0n) is 10.1. The number of benzene rings is 1. The van der Waals surface area contributed by atoms with Gasteiger partial charge in [-0.25, -0.2) is 4.98 Å². The van der Waals surface area contributed by atoms with Gasteiger partial charge in [0.2, 0.25) is 0 Å². The zero-order valence-corrected chi connectivity index (χ0v) is 10.1. The molecule has 0 saturated heterocycles. The van der Waals surface area contributed by atoms with E-state index in [1.807, 2.05) is 38.1 Å². The number of nitrogens with two attached hydrogens (primary N) is 1. The maximum atomic E-state index is 5.59. The van der Waals surface area contributed by atoms with Crippen molar-refractivity contribution in [2.75, 3.05) is 0 Å². The molecular weight excluding hydrogens is 214 g/mol. The van der Waals surface area contributed by atoms with Crippen LogP contribution in [0.3, 0.4) is 0 Å². The number of nitrogens with zero attached hydrogens (tertiary/aromatic N) is 1. The van der Waals surface area contributed by atoms with E-state index in [2.05, 4.69) is 9.97 Å². The maximum Gasteiger partial charge on any atom is 0.120 e. The highest BCUT2D eigenvalue weighted by Gasteiger charge is 2.03. The average Bonchev–Trinajstić information content (AvgIpc) is 2.78. The van der Waals surface area contributed by atoms with Crippen molar-refractivity contribution in [1.82, 2.24) is 9.97 Å². The Morgan fingerprint density at radius 2 is 2.00 bits per heavy atom. The van der Waals surface area contributed by atoms with E-state index >= 15 is 0 Å². The molecule has 0 fully saturated rings. The Morgan fingerprint density at radius 3 is 2.53 bits per heavy atom. The van der Waals surface area contributed by atoms with Gasteiger partial charge < -0.3 is 15.5 Å². The summed E-state index contributed by atoms with van der Waals surface area (Å²) in [5, 5.41) is 0. The van der Waals surface area contributed by atoms with Crippen molar-refractivity contribution in [3.8, 4) is 17.0 Å². The van der Waals surface area contributed by atoms with Crippen molar-refractivity contribution in [3.05, 3.63) is 36.3 Å². The number of rotatable bonds is 4. The molecular formula is C13H17N3O. The van der Waals surface area contributed by atoms with E-state index in [0.29, 0.717) is 6.54 Å². The van der Waals surface area contributed by atoms with Crippen molar-refractivity contribution < 1.29 is 4.74 Å². The fraction of sp³-hybridized carbons (Fsp3) is 0.308. The highest BCUT2D eigenvalue weighted by atomic mass is 16.5. The second-order valence-corrected chi connectivity index (χ2v) is 4.14. The molecule has 1 aromatic carbocycles. The van der Waals surface area contributed by atoms with E-state index in [9.17, 15) is 0 Å². The monoisotopic (exact) mass is 231 g/mol. The minimum atomic E-state index is 0.192. The molecule has 2 rings (SSSR count). The molecule has 0 aliphatic heterocycles. The molecule has 0 spiro atoms. The van der Waals surface area contributed by atoms with Gasteiger partial charge in [0, 0.05) is 0 Å². The SMILES string of the molecule is CC(C)Oc1ccc(-c2cnc(CN)[nH]2)cc1. The first kappa shape index (κ1) is 11.7. The van der Waals surface area contributed by atoms with Crippen LogP contribution < -0.4 is 10.5 Å². The highest BCUT2D eigenvalue weighted by molar-refractivity contribution is 5.59. The van der Waals surface area contributed by atoms with Gasteiger partial charge in [0.25, 0.3) is 0 Å². The molecule has 0 atom stereocenters. The third-order valence-corrected chi connectivity index (χ3v) is 2.36. The molecule has 0 unspecified atom stereocenters. The lowest BCUT2D eigenvalue weighted by atomic mass is 10.1. The molecule has 17 heavy (non-hydrogen) atoms. The van der Waals surface area contributed by atoms with Gasteiger partial charge in [0.05, 0.1) is 24.5 Å². The number of hydrogen-bond donors (Lipinski definition) is 2. The summed E-state index contributed by atoms with van der Waals surface area (Å²) in [6.07, 6.45) is 1.98. The van der Waals surface area contributed by atoms with E-state index in [4.69, 9.17) is 10.5 Å². The second kappa shape index (κ2) is 5.01. The average molecular weight is 231 g/mol. The largest absolute Gasteiger partial charge is 0.491 e. The smallest absolute Gasteiger partial charge is 0.120 e. The molecule has 3 N–H and O–H groups in total. The van der Waals surface area contributed by atoms with E-state index in [1.165, 1.54) is 0 Å². The third-order valence-electron chi connectivity index (χ3n) is 2.36. The van der Waals surface area contributed by atoms with Crippen molar-refractivity contribution in [3.63, 3.8) is 0 Å². The summed E-state index contributed by atoms with van der Waals surface area (Å²) in [7, 11) is 0. The molecule has 4 nitrogen and oxygen atoms in total. The molecule has 0 aliphatic rings. The molecule has 0 aliphatic carbocycles. The minimum absolute atomic E-state index is 0.192. The Bertz CT molecular complexity index is 474. The molecule has 0 radical (unpaired) electrons. The fourth-order valence-corrected chi connectivity index (χ4v) is 1.60. The van der Waals surface area contributed by atoms with Gasteiger partial charge >= 0.3 is 0 Å². The van der Waals surface area contributed by atoms with Crippen LogP contribution >= 0.6 is 0 Å². The second-order valence-electron chi connectivity index (χ2n) is 4.14. The molecule has 90 valence electrons. The van der Waals surface area contributed by atoms with Crippen LogP contribution in [0, 0.1) is 0 Å². The van der Waals surface area contributed by atoms with Gasteiger partial charge in [-0.15, -0.1) is 0 Å². The Labute approximate surface area is 101 Å². The van der Waals surface area contributed by atoms with Crippen LogP contribution in [0.1, 0.15) is 19.7 Å². The van der Waals surface area contributed by atoms with Crippen LogP contribution in [0.5, 0.6) is 5.75 Å². The van der Waals surface area contributed by atoms with Crippen LogP contribution in [0.15, 0.2) is 30.5 Å². The number of imidazole rings is 1. The van der Waals surface area contributed by atoms with Gasteiger partial charge in [-0.2, -0.15) is 0 Å². The van der Waals surface area contributed by atoms with Crippen molar-refractivity contribution in [2.24, 2.45) is 5.73 Å². The summed E-state index contributed by atoms with van der Waals surface area (Å²) in [5.41, 5.74) is 7.56. The van der Waals surface area contributed by atoms with Crippen molar-refractivity contribution in [2.45, 2.75) is 26.5 Å². The topological polar surface area (TPSA) is 63.9 Å². The Morgan fingerprint density at radius 1 is 1.29 bits per heavy atom. The Balaban J connectivity index is 2.17. The summed E-state index contributed by atoms with van der Waals surface area (Å²) in [5.74, 6) is 1.67. The lowest BCUT2D eigenvalue weighted by Gasteiger charge is -2.09. The first-order valence-electron chi connectivity index (χ1n) is 5.70. The molecule has 0 bridgehead atoms. The van der Waals surface area contributed by atoms with Gasteiger partial charge in [-0.3, -0.25) is 0 Å². The first-order valence-corrected chi connectivity index (χ1v) is 5.70. The predicted octanol–water partition coefficient (Wildman–Crippen LogP) is 2.32. The van der Waals surface area contributed by atoms with Crippen molar-refractivity contribution >= 4 is 0 Å². The predicted molar refractivity (Wildman–Crippen MR) is 67.7 cm³/mol. The van der Waals surface area contributed by atoms with E-state index < -0.39 is 0 Å². The minimum Gasteiger partial charge on any atom is -0.491 e. The summed E-state index contributed by atoms with van der Waals surface area (Å²) in [6.45, 7) is 4.45. The fourth-order valence-electron chi connectivity index (χ4n) is 1.60. The molecule has 0 amide bonds. The standard InChI is InChI=1S/C13H17N3O/c1-9(2)17-11-5-3-10(4-6-11)12-8-15-13(7-14)16-12/h3-6,8-9H,7,14H2,1-2H3,(H,15,16). The molecule has 1 heterocycles. The van der Waals surface area contributed by atoms with Gasteiger partial charge in [0.1, 0.15) is 11.6 Å². The van der Waals surface area contributed by atoms with Crippen LogP contribution in [-0.2, 0) is 6.54 Å². The molecule has 1 aromatic heterocycles. The number of ether oxygens (including phenoxy) is 1. The zero-order chi connectivity index (χ0) is 12.3.